The number of carbonyl (C=O) groups excluding carboxylic acids is 1. The summed E-state index contributed by atoms with van der Waals surface area (Å²) in [7, 11) is 1.58. The second-order valence-corrected chi connectivity index (χ2v) is 9.61. The van der Waals surface area contributed by atoms with Gasteiger partial charge >= 0.3 is 0 Å². The third-order valence-electron chi connectivity index (χ3n) is 5.69. The lowest BCUT2D eigenvalue weighted by atomic mass is 10.2. The van der Waals surface area contributed by atoms with Gasteiger partial charge in [-0.3, -0.25) is 14.4 Å². The SMILES string of the molecule is COc1cccc2cc(C(=O)N(CCn3nc(C)cc3C)c3nc4c(C)cc(Cl)cc4s3)oc12. The Kier molecular flexibility index (Phi) is 5.79. The largest absolute Gasteiger partial charge is 0.493 e. The molecule has 3 heterocycles. The average Bonchev–Trinajstić information content (AvgIpc) is 3.50. The molecule has 9 heteroatoms. The first-order valence-corrected chi connectivity index (χ1v) is 12.0. The number of aromatic nitrogens is 3. The van der Waals surface area contributed by atoms with E-state index in [0.717, 1.165) is 32.6 Å². The van der Waals surface area contributed by atoms with Crippen molar-refractivity contribution in [2.45, 2.75) is 27.3 Å². The Bertz CT molecular complexity index is 1530. The van der Waals surface area contributed by atoms with Gasteiger partial charge in [0.1, 0.15) is 0 Å². The molecule has 0 fully saturated rings. The molecule has 0 aliphatic rings. The number of carbonyl (C=O) groups is 1. The van der Waals surface area contributed by atoms with Crippen molar-refractivity contribution in [3.8, 4) is 5.75 Å². The molecule has 0 aliphatic carbocycles. The van der Waals surface area contributed by atoms with E-state index in [1.54, 1.807) is 24.1 Å². The predicted molar refractivity (Wildman–Crippen MR) is 136 cm³/mol. The summed E-state index contributed by atoms with van der Waals surface area (Å²) in [6, 6.07) is 13.1. The van der Waals surface area contributed by atoms with Gasteiger partial charge in [0.15, 0.2) is 22.2 Å². The minimum atomic E-state index is -0.275. The summed E-state index contributed by atoms with van der Waals surface area (Å²) < 4.78 is 14.2. The number of fused-ring (bicyclic) bond motifs is 2. The van der Waals surface area contributed by atoms with E-state index in [1.165, 1.54) is 11.3 Å². The molecule has 2 aromatic carbocycles. The average molecular weight is 495 g/mol. The zero-order chi connectivity index (χ0) is 24.0. The van der Waals surface area contributed by atoms with E-state index in [1.807, 2.05) is 55.8 Å². The molecular formula is C25H23ClN4O3S. The molecule has 0 atom stereocenters. The number of amides is 1. The Morgan fingerprint density at radius 3 is 2.76 bits per heavy atom. The number of halogens is 1. The highest BCUT2D eigenvalue weighted by Gasteiger charge is 2.26. The van der Waals surface area contributed by atoms with Crippen LogP contribution in [0.5, 0.6) is 5.75 Å². The van der Waals surface area contributed by atoms with Gasteiger partial charge in [-0.2, -0.15) is 5.10 Å². The number of nitrogens with zero attached hydrogens (tertiary/aromatic N) is 4. The number of hydrogen-bond acceptors (Lipinski definition) is 6. The highest BCUT2D eigenvalue weighted by molar-refractivity contribution is 7.22. The Hall–Kier alpha value is -3.36. The van der Waals surface area contributed by atoms with Crippen molar-refractivity contribution in [2.75, 3.05) is 18.6 Å². The van der Waals surface area contributed by atoms with Gasteiger partial charge in [0.2, 0.25) is 0 Å². The normalized spacial score (nSPS) is 11.4. The van der Waals surface area contributed by atoms with Gasteiger partial charge < -0.3 is 9.15 Å². The number of para-hydroxylation sites is 1. The number of methoxy groups -OCH3 is 1. The number of benzene rings is 2. The Balaban J connectivity index is 1.56. The summed E-state index contributed by atoms with van der Waals surface area (Å²) in [4.78, 5) is 20.2. The lowest BCUT2D eigenvalue weighted by Crippen LogP contribution is -2.34. The third-order valence-corrected chi connectivity index (χ3v) is 6.94. The van der Waals surface area contributed by atoms with Crippen molar-refractivity contribution in [3.63, 3.8) is 0 Å². The number of rotatable bonds is 6. The molecule has 0 saturated heterocycles. The monoisotopic (exact) mass is 494 g/mol. The molecular weight excluding hydrogens is 472 g/mol. The molecule has 1 amide bonds. The molecule has 34 heavy (non-hydrogen) atoms. The number of ether oxygens (including phenoxy) is 1. The van der Waals surface area contributed by atoms with Gasteiger partial charge in [0.25, 0.3) is 5.91 Å². The second kappa shape index (κ2) is 8.77. The minimum absolute atomic E-state index is 0.224. The van der Waals surface area contributed by atoms with E-state index < -0.39 is 0 Å². The van der Waals surface area contributed by atoms with Gasteiger partial charge in [0.05, 0.1) is 29.6 Å². The molecule has 0 radical (unpaired) electrons. The zero-order valence-electron chi connectivity index (χ0n) is 19.3. The fourth-order valence-electron chi connectivity index (χ4n) is 4.07. The maximum Gasteiger partial charge on any atom is 0.295 e. The third kappa shape index (κ3) is 4.03. The molecule has 3 aromatic heterocycles. The smallest absolute Gasteiger partial charge is 0.295 e. The van der Waals surface area contributed by atoms with Crippen LogP contribution in [0.1, 0.15) is 27.5 Å². The number of hydrogen-bond donors (Lipinski definition) is 0. The van der Waals surface area contributed by atoms with Crippen molar-refractivity contribution in [1.82, 2.24) is 14.8 Å². The van der Waals surface area contributed by atoms with Crippen molar-refractivity contribution in [2.24, 2.45) is 0 Å². The van der Waals surface area contributed by atoms with E-state index >= 15 is 0 Å². The molecule has 0 N–H and O–H groups in total. The van der Waals surface area contributed by atoms with Crippen molar-refractivity contribution >= 4 is 55.2 Å². The molecule has 7 nitrogen and oxygen atoms in total. The minimum Gasteiger partial charge on any atom is -0.493 e. The maximum absolute atomic E-state index is 13.8. The number of thiazole rings is 1. The molecule has 5 rings (SSSR count). The molecule has 5 aromatic rings. The van der Waals surface area contributed by atoms with Gasteiger partial charge in [-0.25, -0.2) is 4.98 Å². The molecule has 0 aliphatic heterocycles. The van der Waals surface area contributed by atoms with Crippen LogP contribution in [-0.4, -0.2) is 34.3 Å². The van der Waals surface area contributed by atoms with Crippen LogP contribution in [0.25, 0.3) is 21.2 Å². The first-order chi connectivity index (χ1) is 16.3. The van der Waals surface area contributed by atoms with E-state index in [9.17, 15) is 4.79 Å². The molecule has 174 valence electrons. The van der Waals surface area contributed by atoms with Gasteiger partial charge in [0, 0.05) is 22.6 Å². The van der Waals surface area contributed by atoms with E-state index in [2.05, 4.69) is 5.10 Å². The van der Waals surface area contributed by atoms with Crippen LogP contribution in [0.15, 0.2) is 46.9 Å². The topological polar surface area (TPSA) is 73.4 Å². The molecule has 0 saturated carbocycles. The van der Waals surface area contributed by atoms with Crippen LogP contribution in [0, 0.1) is 20.8 Å². The Morgan fingerprint density at radius 2 is 2.03 bits per heavy atom. The van der Waals surface area contributed by atoms with E-state index in [4.69, 9.17) is 25.7 Å². The summed E-state index contributed by atoms with van der Waals surface area (Å²) in [5.41, 5.74) is 4.30. The maximum atomic E-state index is 13.8. The first kappa shape index (κ1) is 22.4. The first-order valence-electron chi connectivity index (χ1n) is 10.8. The summed E-state index contributed by atoms with van der Waals surface area (Å²) in [6.45, 7) is 6.81. The summed E-state index contributed by atoms with van der Waals surface area (Å²) in [5.74, 6) is 0.528. The predicted octanol–water partition coefficient (Wildman–Crippen LogP) is 6.17. The van der Waals surface area contributed by atoms with Crippen molar-refractivity contribution < 1.29 is 13.9 Å². The molecule has 0 unspecified atom stereocenters. The van der Waals surface area contributed by atoms with Crippen molar-refractivity contribution in [1.29, 1.82) is 0 Å². The fourth-order valence-corrected chi connectivity index (χ4v) is 5.52. The van der Waals surface area contributed by atoms with Crippen LogP contribution < -0.4 is 9.64 Å². The van der Waals surface area contributed by atoms with Gasteiger partial charge in [-0.1, -0.05) is 35.1 Å². The quantitative estimate of drug-likeness (QED) is 0.282. The zero-order valence-corrected chi connectivity index (χ0v) is 20.8. The lowest BCUT2D eigenvalue weighted by Gasteiger charge is -2.19. The Labute approximate surface area is 205 Å². The number of anilines is 1. The highest BCUT2D eigenvalue weighted by Crippen LogP contribution is 2.35. The van der Waals surface area contributed by atoms with Crippen LogP contribution in [-0.2, 0) is 6.54 Å². The summed E-state index contributed by atoms with van der Waals surface area (Å²) >= 11 is 7.70. The lowest BCUT2D eigenvalue weighted by molar-refractivity contribution is 0.0961. The molecule has 0 spiro atoms. The number of aryl methyl sites for hydroxylation is 3. The van der Waals surface area contributed by atoms with Gasteiger partial charge in [-0.05, 0) is 56.7 Å². The molecule has 0 bridgehead atoms. The van der Waals surface area contributed by atoms with Crippen LogP contribution in [0.3, 0.4) is 0 Å². The highest BCUT2D eigenvalue weighted by atomic mass is 35.5. The van der Waals surface area contributed by atoms with Crippen molar-refractivity contribution in [3.05, 3.63) is 70.2 Å². The Morgan fingerprint density at radius 1 is 1.21 bits per heavy atom. The van der Waals surface area contributed by atoms with Gasteiger partial charge in [-0.15, -0.1) is 0 Å². The number of furan rings is 1. The standard InChI is InChI=1S/C25H23ClN4O3S/c1-14-10-18(26)13-21-22(14)27-25(34-21)29(8-9-30-16(3)11-15(2)28-30)24(31)20-12-17-6-5-7-19(32-4)23(17)33-20/h5-7,10-13H,8-9H2,1-4H3. The van der Waals surface area contributed by atoms with Crippen LogP contribution >= 0.6 is 22.9 Å². The second-order valence-electron chi connectivity index (χ2n) is 8.16. The summed E-state index contributed by atoms with van der Waals surface area (Å²) in [5, 5.41) is 6.56. The summed E-state index contributed by atoms with van der Waals surface area (Å²) in [6.07, 6.45) is 0. The van der Waals surface area contributed by atoms with Crippen LogP contribution in [0.4, 0.5) is 5.13 Å². The van der Waals surface area contributed by atoms with Crippen LogP contribution in [0.2, 0.25) is 5.02 Å². The van der Waals surface area contributed by atoms with E-state index in [0.29, 0.717) is 34.6 Å². The fraction of sp³-hybridized carbons (Fsp3) is 0.240. The van der Waals surface area contributed by atoms with E-state index in [-0.39, 0.29) is 11.7 Å².